The van der Waals surface area contributed by atoms with E-state index < -0.39 is 0 Å². The van der Waals surface area contributed by atoms with Gasteiger partial charge in [0, 0.05) is 51.2 Å². The number of hydrogen-bond donors (Lipinski definition) is 2. The molecule has 2 saturated carbocycles. The molecule has 3 aliphatic rings. The van der Waals surface area contributed by atoms with Gasteiger partial charge in [-0.05, 0) is 32.1 Å². The summed E-state index contributed by atoms with van der Waals surface area (Å²) < 4.78 is 0. The number of amides is 3. The molecule has 2 N–H and O–H groups in total. The smallest absolute Gasteiger partial charge is 0.315 e. The lowest BCUT2D eigenvalue weighted by Crippen LogP contribution is -2.51. The lowest BCUT2D eigenvalue weighted by Gasteiger charge is -2.38. The van der Waals surface area contributed by atoms with Crippen LogP contribution in [0.1, 0.15) is 70.6 Å². The second-order valence-electron chi connectivity index (χ2n) is 8.19. The Bertz CT molecular complexity index is 451. The maximum absolute atomic E-state index is 12.4. The second kappa shape index (κ2) is 10.1. The molecule has 3 rings (SSSR count). The van der Waals surface area contributed by atoms with Gasteiger partial charge >= 0.3 is 6.03 Å². The van der Waals surface area contributed by atoms with Crippen LogP contribution in [0.25, 0.3) is 0 Å². The van der Waals surface area contributed by atoms with Crippen molar-refractivity contribution >= 4 is 11.9 Å². The first-order valence-electron chi connectivity index (χ1n) is 10.8. The molecular weight excluding hydrogens is 328 g/mol. The summed E-state index contributed by atoms with van der Waals surface area (Å²) >= 11 is 0. The van der Waals surface area contributed by atoms with Crippen molar-refractivity contribution in [3.63, 3.8) is 0 Å². The average molecular weight is 365 g/mol. The van der Waals surface area contributed by atoms with Crippen LogP contribution in [-0.4, -0.2) is 66.5 Å². The Labute approximate surface area is 158 Å². The summed E-state index contributed by atoms with van der Waals surface area (Å²) in [6.45, 7) is 4.36. The zero-order valence-corrected chi connectivity index (χ0v) is 16.2. The van der Waals surface area contributed by atoms with Gasteiger partial charge in [-0.3, -0.25) is 9.69 Å². The van der Waals surface area contributed by atoms with E-state index in [0.29, 0.717) is 19.0 Å². The maximum Gasteiger partial charge on any atom is 0.315 e. The molecule has 6 nitrogen and oxygen atoms in total. The van der Waals surface area contributed by atoms with E-state index in [9.17, 15) is 9.59 Å². The molecule has 148 valence electrons. The monoisotopic (exact) mass is 364 g/mol. The summed E-state index contributed by atoms with van der Waals surface area (Å²) in [5, 5.41) is 5.95. The molecule has 6 heteroatoms. The van der Waals surface area contributed by atoms with Crippen molar-refractivity contribution in [3.05, 3.63) is 0 Å². The van der Waals surface area contributed by atoms with Gasteiger partial charge in [0.15, 0.2) is 0 Å². The van der Waals surface area contributed by atoms with Crippen molar-refractivity contribution in [3.8, 4) is 0 Å². The highest BCUT2D eigenvalue weighted by molar-refractivity contribution is 5.76. The Balaban J connectivity index is 1.24. The third-order valence-electron chi connectivity index (χ3n) is 6.30. The summed E-state index contributed by atoms with van der Waals surface area (Å²) in [4.78, 5) is 28.8. The van der Waals surface area contributed by atoms with Gasteiger partial charge in [-0.1, -0.05) is 32.1 Å². The highest BCUT2D eigenvalue weighted by atomic mass is 16.2. The molecule has 0 aromatic carbocycles. The topological polar surface area (TPSA) is 64.7 Å². The number of piperazine rings is 1. The van der Waals surface area contributed by atoms with Crippen LogP contribution < -0.4 is 10.6 Å². The summed E-state index contributed by atoms with van der Waals surface area (Å²) in [6.07, 6.45) is 12.6. The van der Waals surface area contributed by atoms with Gasteiger partial charge in [-0.2, -0.15) is 0 Å². The number of carbonyl (C=O) groups is 2. The molecule has 1 saturated heterocycles. The van der Waals surface area contributed by atoms with Crippen molar-refractivity contribution < 1.29 is 9.59 Å². The predicted octanol–water partition coefficient (Wildman–Crippen LogP) is 2.49. The van der Waals surface area contributed by atoms with Gasteiger partial charge < -0.3 is 15.5 Å². The van der Waals surface area contributed by atoms with Crippen LogP contribution in [-0.2, 0) is 4.79 Å². The first-order chi connectivity index (χ1) is 12.7. The molecule has 0 bridgehead atoms. The Hall–Kier alpha value is -1.30. The number of hydrogen-bond acceptors (Lipinski definition) is 3. The molecule has 0 aromatic heterocycles. The van der Waals surface area contributed by atoms with E-state index >= 15 is 0 Å². The molecule has 1 aliphatic heterocycles. The highest BCUT2D eigenvalue weighted by Crippen LogP contribution is 2.24. The molecule has 2 aliphatic carbocycles. The van der Waals surface area contributed by atoms with Gasteiger partial charge in [-0.15, -0.1) is 0 Å². The van der Waals surface area contributed by atoms with Crippen molar-refractivity contribution in [1.82, 2.24) is 20.4 Å². The molecule has 3 fully saturated rings. The minimum Gasteiger partial charge on any atom is -0.340 e. The highest BCUT2D eigenvalue weighted by Gasteiger charge is 2.27. The fraction of sp³-hybridized carbons (Fsp3) is 0.900. The summed E-state index contributed by atoms with van der Waals surface area (Å²) in [6, 6.07) is 1.02. The number of carbonyl (C=O) groups excluding carboxylic acids is 2. The summed E-state index contributed by atoms with van der Waals surface area (Å²) in [5.74, 6) is 0.241. The Morgan fingerprint density at radius 1 is 0.846 bits per heavy atom. The van der Waals surface area contributed by atoms with Crippen LogP contribution in [0.5, 0.6) is 0 Å². The predicted molar refractivity (Wildman–Crippen MR) is 103 cm³/mol. The largest absolute Gasteiger partial charge is 0.340 e. The zero-order valence-electron chi connectivity index (χ0n) is 16.2. The van der Waals surface area contributed by atoms with E-state index in [4.69, 9.17) is 0 Å². The molecule has 26 heavy (non-hydrogen) atoms. The maximum atomic E-state index is 12.4. The van der Waals surface area contributed by atoms with Crippen LogP contribution in [0.4, 0.5) is 4.79 Å². The minimum atomic E-state index is -0.0745. The van der Waals surface area contributed by atoms with Crippen LogP contribution in [0.15, 0.2) is 0 Å². The number of nitrogens with zero attached hydrogens (tertiary/aromatic N) is 2. The van der Waals surface area contributed by atoms with E-state index in [0.717, 1.165) is 51.5 Å². The molecular formula is C20H36N4O2. The van der Waals surface area contributed by atoms with Crippen molar-refractivity contribution in [2.24, 2.45) is 0 Å². The van der Waals surface area contributed by atoms with Crippen LogP contribution >= 0.6 is 0 Å². The standard InChI is InChI=1S/C20H36N4O2/c25-19(24-15-13-23(14-16-24)18-9-4-5-10-18)11-6-12-21-20(26)22-17-7-2-1-3-8-17/h17-18H,1-16H2,(H2,21,22,26). The van der Waals surface area contributed by atoms with Crippen LogP contribution in [0, 0.1) is 0 Å². The number of urea groups is 1. The van der Waals surface area contributed by atoms with E-state index in [2.05, 4.69) is 15.5 Å². The van der Waals surface area contributed by atoms with E-state index in [1.54, 1.807) is 0 Å². The zero-order chi connectivity index (χ0) is 18.2. The molecule has 0 atom stereocenters. The van der Waals surface area contributed by atoms with Gasteiger partial charge in [0.2, 0.25) is 5.91 Å². The number of nitrogens with one attached hydrogen (secondary N) is 2. The van der Waals surface area contributed by atoms with Gasteiger partial charge in [0.25, 0.3) is 0 Å². The SMILES string of the molecule is O=C(NCCCC(=O)N1CCN(C2CCCC2)CC1)NC1CCCCC1. The molecule has 0 radical (unpaired) electrons. The fourth-order valence-electron chi connectivity index (χ4n) is 4.69. The van der Waals surface area contributed by atoms with Crippen LogP contribution in [0.2, 0.25) is 0 Å². The lowest BCUT2D eigenvalue weighted by atomic mass is 9.96. The minimum absolute atomic E-state index is 0.0745. The van der Waals surface area contributed by atoms with Gasteiger partial charge in [0.1, 0.15) is 0 Å². The fourth-order valence-corrected chi connectivity index (χ4v) is 4.69. The van der Waals surface area contributed by atoms with Gasteiger partial charge in [-0.25, -0.2) is 4.79 Å². The summed E-state index contributed by atoms with van der Waals surface area (Å²) in [7, 11) is 0. The molecule has 0 unspecified atom stereocenters. The van der Waals surface area contributed by atoms with Gasteiger partial charge in [0.05, 0.1) is 0 Å². The normalized spacial score (nSPS) is 23.2. The second-order valence-corrected chi connectivity index (χ2v) is 8.19. The molecule has 0 aromatic rings. The number of rotatable bonds is 6. The van der Waals surface area contributed by atoms with Crippen molar-refractivity contribution in [1.29, 1.82) is 0 Å². The first kappa shape index (κ1) is 19.5. The summed E-state index contributed by atoms with van der Waals surface area (Å²) in [5.41, 5.74) is 0. The van der Waals surface area contributed by atoms with E-state index in [1.165, 1.54) is 44.9 Å². The quantitative estimate of drug-likeness (QED) is 0.712. The van der Waals surface area contributed by atoms with Crippen molar-refractivity contribution in [2.45, 2.75) is 82.7 Å². The average Bonchev–Trinajstić information content (AvgIpc) is 3.21. The Morgan fingerprint density at radius 3 is 2.19 bits per heavy atom. The van der Waals surface area contributed by atoms with Crippen molar-refractivity contribution in [2.75, 3.05) is 32.7 Å². The first-order valence-corrected chi connectivity index (χ1v) is 10.8. The Morgan fingerprint density at radius 2 is 1.50 bits per heavy atom. The molecule has 3 amide bonds. The third-order valence-corrected chi connectivity index (χ3v) is 6.30. The Kier molecular flexibility index (Phi) is 7.59. The molecule has 0 spiro atoms. The molecule has 1 heterocycles. The lowest BCUT2D eigenvalue weighted by molar-refractivity contribution is -0.133. The third kappa shape index (κ3) is 5.86. The van der Waals surface area contributed by atoms with Crippen LogP contribution in [0.3, 0.4) is 0 Å². The van der Waals surface area contributed by atoms with E-state index in [1.807, 2.05) is 4.90 Å². The van der Waals surface area contributed by atoms with E-state index in [-0.39, 0.29) is 11.9 Å².